The number of carbonyl (C=O) groups is 2. The highest BCUT2D eigenvalue weighted by molar-refractivity contribution is 5.96. The summed E-state index contributed by atoms with van der Waals surface area (Å²) in [6.07, 6.45) is 5.45. The molecule has 1 aliphatic rings. The zero-order chi connectivity index (χ0) is 48.0. The van der Waals surface area contributed by atoms with Gasteiger partial charge < -0.3 is 10.6 Å². The van der Waals surface area contributed by atoms with Gasteiger partial charge in [-0.05, 0) is 144 Å². The van der Waals surface area contributed by atoms with Gasteiger partial charge in [0.25, 0.3) is 11.8 Å². The molecule has 10 aromatic rings. The lowest BCUT2D eigenvalue weighted by molar-refractivity contribution is 0.0940. The number of carbonyl (C=O) groups excluding carboxylic acids is 2. The highest BCUT2D eigenvalue weighted by Gasteiger charge is 2.30. The minimum atomic E-state index is -0.595. The molecular formula is C53H46F2N12O2. The molecule has 14 nitrogen and oxygen atoms in total. The second-order valence-electron chi connectivity index (χ2n) is 18.0. The monoisotopic (exact) mass is 920 g/mol. The number of aromatic nitrogens is 10. The third-order valence-electron chi connectivity index (χ3n) is 12.5. The SMILES string of the molecule is CC(C)(c1ccc2ncccc2c1)n1nnc2ccc(-c3ccc(C(=O)NC4CC4)c(F)c3)nc21.CCNC(=O)c1ccc(-c2ccc3nnn(C(C)(C)c4ccc5ncccc5c4)c3n2)cc1F. The van der Waals surface area contributed by atoms with Crippen molar-refractivity contribution < 1.29 is 18.4 Å². The first-order valence-corrected chi connectivity index (χ1v) is 22.6. The van der Waals surface area contributed by atoms with E-state index < -0.39 is 28.6 Å². The van der Waals surface area contributed by atoms with Gasteiger partial charge >= 0.3 is 0 Å². The van der Waals surface area contributed by atoms with Crippen molar-refractivity contribution in [2.24, 2.45) is 0 Å². The molecule has 2 N–H and O–H groups in total. The fourth-order valence-corrected chi connectivity index (χ4v) is 8.32. The van der Waals surface area contributed by atoms with Crippen molar-refractivity contribution in [1.82, 2.24) is 60.6 Å². The molecule has 16 heteroatoms. The lowest BCUT2D eigenvalue weighted by atomic mass is 9.93. The van der Waals surface area contributed by atoms with Crippen molar-refractivity contribution in [3.05, 3.63) is 168 Å². The van der Waals surface area contributed by atoms with Gasteiger partial charge in [0, 0.05) is 46.9 Å². The number of pyridine rings is 4. The van der Waals surface area contributed by atoms with E-state index in [1.807, 2.05) is 74.5 Å². The topological polar surface area (TPSA) is 171 Å². The first-order valence-electron chi connectivity index (χ1n) is 22.6. The van der Waals surface area contributed by atoms with Crippen molar-refractivity contribution in [2.45, 2.75) is 64.6 Å². The van der Waals surface area contributed by atoms with Gasteiger partial charge in [-0.1, -0.05) is 46.8 Å². The minimum Gasteiger partial charge on any atom is -0.352 e. The summed E-state index contributed by atoms with van der Waals surface area (Å²) in [7, 11) is 0. The maximum atomic E-state index is 14.8. The van der Waals surface area contributed by atoms with Crippen LogP contribution in [-0.4, -0.2) is 74.3 Å². The fourth-order valence-electron chi connectivity index (χ4n) is 8.32. The van der Waals surface area contributed by atoms with E-state index in [0.717, 1.165) is 45.8 Å². The van der Waals surface area contributed by atoms with Crippen LogP contribution < -0.4 is 10.6 Å². The van der Waals surface area contributed by atoms with E-state index in [-0.39, 0.29) is 23.1 Å². The number of amides is 2. The summed E-state index contributed by atoms with van der Waals surface area (Å²) in [6, 6.07) is 36.6. The van der Waals surface area contributed by atoms with Gasteiger partial charge in [-0.3, -0.25) is 19.6 Å². The fraction of sp³-hybridized carbons (Fsp3) is 0.208. The molecule has 0 saturated heterocycles. The minimum absolute atomic E-state index is 0.00492. The molecular weight excluding hydrogens is 875 g/mol. The smallest absolute Gasteiger partial charge is 0.254 e. The molecule has 0 atom stereocenters. The highest BCUT2D eigenvalue weighted by atomic mass is 19.1. The van der Waals surface area contributed by atoms with Gasteiger partial charge in [0.2, 0.25) is 0 Å². The molecule has 344 valence electrons. The molecule has 11 rings (SSSR count). The van der Waals surface area contributed by atoms with E-state index in [1.165, 1.54) is 24.3 Å². The van der Waals surface area contributed by atoms with Crippen molar-refractivity contribution in [3.63, 3.8) is 0 Å². The number of hydrogen-bond donors (Lipinski definition) is 2. The van der Waals surface area contributed by atoms with E-state index in [1.54, 1.807) is 52.9 Å². The number of nitrogens with one attached hydrogen (secondary N) is 2. The third-order valence-corrected chi connectivity index (χ3v) is 12.5. The lowest BCUT2D eigenvalue weighted by Crippen LogP contribution is -2.29. The quantitative estimate of drug-likeness (QED) is 0.135. The van der Waals surface area contributed by atoms with Gasteiger partial charge in [-0.2, -0.15) is 0 Å². The number of benzene rings is 4. The normalized spacial score (nSPS) is 12.9. The summed E-state index contributed by atoms with van der Waals surface area (Å²) in [5.74, 6) is -1.99. The molecule has 6 aromatic heterocycles. The number of fused-ring (bicyclic) bond motifs is 4. The van der Waals surface area contributed by atoms with Crippen LogP contribution in [0.3, 0.4) is 0 Å². The van der Waals surface area contributed by atoms with Crippen LogP contribution in [0.2, 0.25) is 0 Å². The Balaban J connectivity index is 0.000000160. The Morgan fingerprint density at radius 2 is 1.06 bits per heavy atom. The van der Waals surface area contributed by atoms with Crippen molar-refractivity contribution in [1.29, 1.82) is 0 Å². The van der Waals surface area contributed by atoms with Gasteiger partial charge in [-0.25, -0.2) is 28.1 Å². The van der Waals surface area contributed by atoms with Crippen LogP contribution in [0.4, 0.5) is 8.78 Å². The Morgan fingerprint density at radius 3 is 1.51 bits per heavy atom. The largest absolute Gasteiger partial charge is 0.352 e. The Morgan fingerprint density at radius 1 is 0.594 bits per heavy atom. The van der Waals surface area contributed by atoms with Crippen molar-refractivity contribution in [2.75, 3.05) is 6.54 Å². The van der Waals surface area contributed by atoms with E-state index in [4.69, 9.17) is 9.97 Å². The molecule has 0 bridgehead atoms. The van der Waals surface area contributed by atoms with Gasteiger partial charge in [0.1, 0.15) is 22.7 Å². The van der Waals surface area contributed by atoms with Gasteiger partial charge in [0.05, 0.1) is 44.6 Å². The molecule has 0 unspecified atom stereocenters. The summed E-state index contributed by atoms with van der Waals surface area (Å²) < 4.78 is 33.0. The van der Waals surface area contributed by atoms with E-state index in [2.05, 4.69) is 67.2 Å². The average Bonchev–Trinajstić information content (AvgIpc) is 3.88. The third kappa shape index (κ3) is 8.60. The number of halogens is 2. The van der Waals surface area contributed by atoms with E-state index >= 15 is 0 Å². The Labute approximate surface area is 394 Å². The van der Waals surface area contributed by atoms with E-state index in [0.29, 0.717) is 51.4 Å². The van der Waals surface area contributed by atoms with E-state index in [9.17, 15) is 18.4 Å². The molecule has 1 fully saturated rings. The zero-order valence-electron chi connectivity index (χ0n) is 38.4. The predicted molar refractivity (Wildman–Crippen MR) is 260 cm³/mol. The lowest BCUT2D eigenvalue weighted by Gasteiger charge is -2.26. The van der Waals surface area contributed by atoms with Gasteiger partial charge in [0.15, 0.2) is 11.3 Å². The van der Waals surface area contributed by atoms with Crippen LogP contribution in [-0.2, 0) is 11.1 Å². The molecule has 6 heterocycles. The van der Waals surface area contributed by atoms with Crippen LogP contribution in [0.5, 0.6) is 0 Å². The van der Waals surface area contributed by atoms with Crippen molar-refractivity contribution in [3.8, 4) is 22.5 Å². The maximum absolute atomic E-state index is 14.8. The van der Waals surface area contributed by atoms with Gasteiger partial charge in [-0.15, -0.1) is 10.2 Å². The maximum Gasteiger partial charge on any atom is 0.254 e. The standard InChI is InChI=1S/C27H23FN6O.C26H23FN6O/c1-27(2,18-6-10-22-16(14-18)4-3-13-29-22)34-25-24(32-33-34)12-11-23(31-25)17-5-9-20(21(28)15-17)26(35)30-19-7-8-19;1-4-28-25(34)19-9-7-17(15-20(19)27)22-11-12-23-24(30-22)33(32-31-23)26(2,3)18-8-10-21-16(14-18)6-5-13-29-21/h3-6,9-15,19H,7-8H2,1-2H3,(H,30,35);5-15H,4H2,1-3H3,(H,28,34). The molecule has 0 radical (unpaired) electrons. The molecule has 1 saturated carbocycles. The molecule has 69 heavy (non-hydrogen) atoms. The predicted octanol–water partition coefficient (Wildman–Crippen LogP) is 9.57. The summed E-state index contributed by atoms with van der Waals surface area (Å²) >= 11 is 0. The molecule has 2 amide bonds. The van der Waals surface area contributed by atoms with Crippen LogP contribution >= 0.6 is 0 Å². The summed E-state index contributed by atoms with van der Waals surface area (Å²) in [5, 5.41) is 24.9. The second-order valence-corrected chi connectivity index (χ2v) is 18.0. The highest BCUT2D eigenvalue weighted by Crippen LogP contribution is 2.33. The number of hydrogen-bond acceptors (Lipinski definition) is 10. The molecule has 4 aromatic carbocycles. The van der Waals surface area contributed by atoms with Crippen LogP contribution in [0, 0.1) is 11.6 Å². The zero-order valence-corrected chi connectivity index (χ0v) is 38.4. The van der Waals surface area contributed by atoms with Crippen molar-refractivity contribution >= 4 is 55.9 Å². The van der Waals surface area contributed by atoms with Crippen LogP contribution in [0.1, 0.15) is 79.3 Å². The number of rotatable bonds is 10. The van der Waals surface area contributed by atoms with Crippen LogP contribution in [0.25, 0.3) is 66.6 Å². The summed E-state index contributed by atoms with van der Waals surface area (Å²) in [4.78, 5) is 42.7. The second kappa shape index (κ2) is 17.7. The molecule has 1 aliphatic carbocycles. The Bertz CT molecular complexity index is 3620. The Kier molecular flexibility index (Phi) is 11.4. The summed E-state index contributed by atoms with van der Waals surface area (Å²) in [6.45, 7) is 10.4. The van der Waals surface area contributed by atoms with Crippen LogP contribution in [0.15, 0.2) is 134 Å². The molecule has 0 spiro atoms. The Hall–Kier alpha value is -8.40. The first kappa shape index (κ1) is 44.4. The first-order chi connectivity index (χ1) is 33.3. The number of nitrogens with zero attached hydrogens (tertiary/aromatic N) is 10. The molecule has 0 aliphatic heterocycles. The average molecular weight is 921 g/mol. The summed E-state index contributed by atoms with van der Waals surface area (Å²) in [5.41, 5.74) is 7.59.